The molecular formula is C27H46N4O7. The fraction of sp³-hybridized carbons (Fsp3) is 0.704. The third-order valence-corrected chi connectivity index (χ3v) is 6.31. The highest BCUT2D eigenvalue weighted by Gasteiger charge is 2.32. The average molecular weight is 539 g/mol. The fourth-order valence-corrected chi connectivity index (χ4v) is 3.91. The zero-order valence-corrected chi connectivity index (χ0v) is 22.8. The first-order valence-electron chi connectivity index (χ1n) is 13.6. The quantitative estimate of drug-likeness (QED) is 0.106. The molecule has 0 aliphatic carbocycles. The topological polar surface area (TPSA) is 177 Å². The maximum Gasteiger partial charge on any atom is 0.245 e. The highest BCUT2D eigenvalue weighted by Crippen LogP contribution is 2.08. The fourth-order valence-electron chi connectivity index (χ4n) is 3.91. The summed E-state index contributed by atoms with van der Waals surface area (Å²) >= 11 is 0. The van der Waals surface area contributed by atoms with Crippen molar-refractivity contribution in [1.82, 2.24) is 21.3 Å². The molecule has 6 atom stereocenters. The first-order valence-corrected chi connectivity index (χ1v) is 13.6. The van der Waals surface area contributed by atoms with Crippen LogP contribution in [0.1, 0.15) is 78.6 Å². The van der Waals surface area contributed by atoms with Crippen LogP contribution in [0.3, 0.4) is 0 Å². The number of allylic oxidation sites excluding steroid dienone is 3. The third-order valence-electron chi connectivity index (χ3n) is 6.31. The number of carbonyl (C=O) groups excluding carboxylic acids is 4. The number of rotatable bonds is 12. The minimum Gasteiger partial charge on any atom is -0.393 e. The summed E-state index contributed by atoms with van der Waals surface area (Å²) in [6.45, 7) is 5.16. The van der Waals surface area contributed by atoms with E-state index in [2.05, 4.69) is 28.2 Å². The van der Waals surface area contributed by atoms with Crippen molar-refractivity contribution in [2.75, 3.05) is 6.54 Å². The summed E-state index contributed by atoms with van der Waals surface area (Å²) in [5.41, 5.74) is 0. The largest absolute Gasteiger partial charge is 0.393 e. The molecule has 7 N–H and O–H groups in total. The average Bonchev–Trinajstić information content (AvgIpc) is 2.84. The van der Waals surface area contributed by atoms with Gasteiger partial charge in [0, 0.05) is 19.0 Å². The second-order valence-electron chi connectivity index (χ2n) is 9.88. The molecule has 0 unspecified atom stereocenters. The van der Waals surface area contributed by atoms with Crippen LogP contribution in [0.5, 0.6) is 0 Å². The van der Waals surface area contributed by atoms with Gasteiger partial charge in [0.15, 0.2) is 0 Å². The van der Waals surface area contributed by atoms with E-state index in [9.17, 15) is 34.5 Å². The van der Waals surface area contributed by atoms with Crippen molar-refractivity contribution in [2.45, 2.75) is 115 Å². The van der Waals surface area contributed by atoms with Crippen LogP contribution in [0.25, 0.3) is 0 Å². The lowest BCUT2D eigenvalue weighted by Gasteiger charge is -2.28. The molecule has 0 radical (unpaired) electrons. The number of nitrogens with one attached hydrogen (secondary N) is 4. The van der Waals surface area contributed by atoms with Gasteiger partial charge in [-0.2, -0.15) is 0 Å². The number of unbranched alkanes of at least 4 members (excludes halogenated alkanes) is 5. The lowest BCUT2D eigenvalue weighted by Crippen LogP contribution is -2.59. The highest BCUT2D eigenvalue weighted by molar-refractivity contribution is 5.95. The summed E-state index contributed by atoms with van der Waals surface area (Å²) in [7, 11) is 0. The van der Waals surface area contributed by atoms with E-state index in [1.807, 2.05) is 6.08 Å². The van der Waals surface area contributed by atoms with Gasteiger partial charge in [-0.1, -0.05) is 50.8 Å². The van der Waals surface area contributed by atoms with Crippen molar-refractivity contribution in [2.24, 2.45) is 0 Å². The van der Waals surface area contributed by atoms with E-state index in [-0.39, 0.29) is 25.8 Å². The summed E-state index contributed by atoms with van der Waals surface area (Å²) in [6, 6.07) is -3.34. The zero-order chi connectivity index (χ0) is 28.5. The van der Waals surface area contributed by atoms with Gasteiger partial charge in [0.05, 0.1) is 30.8 Å². The predicted octanol–water partition coefficient (Wildman–Crippen LogP) is 0.336. The molecule has 0 aromatic heterocycles. The van der Waals surface area contributed by atoms with E-state index in [1.54, 1.807) is 12.2 Å². The van der Waals surface area contributed by atoms with Crippen molar-refractivity contribution in [3.8, 4) is 0 Å². The van der Waals surface area contributed by atoms with E-state index in [1.165, 1.54) is 45.6 Å². The van der Waals surface area contributed by atoms with E-state index in [4.69, 9.17) is 0 Å². The summed E-state index contributed by atoms with van der Waals surface area (Å²) < 4.78 is 0. The molecule has 1 heterocycles. The Bertz CT molecular complexity index is 815. The lowest BCUT2D eigenvalue weighted by molar-refractivity contribution is -0.134. The van der Waals surface area contributed by atoms with Crippen LogP contribution in [0.2, 0.25) is 0 Å². The molecule has 1 fully saturated rings. The van der Waals surface area contributed by atoms with Gasteiger partial charge in [-0.15, -0.1) is 0 Å². The molecule has 1 aliphatic rings. The van der Waals surface area contributed by atoms with Crippen molar-refractivity contribution < 1.29 is 34.5 Å². The minimum absolute atomic E-state index is 0.130. The van der Waals surface area contributed by atoms with E-state index in [0.29, 0.717) is 0 Å². The Morgan fingerprint density at radius 3 is 2.53 bits per heavy atom. The Labute approximate surface area is 225 Å². The molecule has 1 aliphatic heterocycles. The van der Waals surface area contributed by atoms with Crippen LogP contribution >= 0.6 is 0 Å². The van der Waals surface area contributed by atoms with E-state index < -0.39 is 60.1 Å². The maximum absolute atomic E-state index is 12.9. The molecule has 0 aromatic carbocycles. The van der Waals surface area contributed by atoms with Gasteiger partial charge in [-0.3, -0.25) is 19.2 Å². The second kappa shape index (κ2) is 18.5. The van der Waals surface area contributed by atoms with Gasteiger partial charge in [-0.05, 0) is 33.1 Å². The lowest BCUT2D eigenvalue weighted by atomic mass is 10.0. The molecular weight excluding hydrogens is 492 g/mol. The van der Waals surface area contributed by atoms with Crippen LogP contribution in [0, 0.1) is 0 Å². The molecule has 38 heavy (non-hydrogen) atoms. The molecule has 0 bridgehead atoms. The van der Waals surface area contributed by atoms with Crippen molar-refractivity contribution in [3.05, 3.63) is 24.3 Å². The van der Waals surface area contributed by atoms with Gasteiger partial charge >= 0.3 is 0 Å². The molecule has 0 spiro atoms. The summed E-state index contributed by atoms with van der Waals surface area (Å²) in [5, 5.41) is 40.7. The van der Waals surface area contributed by atoms with E-state index in [0.717, 1.165) is 12.8 Å². The number of amides is 4. The van der Waals surface area contributed by atoms with Crippen molar-refractivity contribution in [3.63, 3.8) is 0 Å². The van der Waals surface area contributed by atoms with Gasteiger partial charge in [0.2, 0.25) is 23.6 Å². The molecule has 1 saturated heterocycles. The van der Waals surface area contributed by atoms with Crippen LogP contribution in [-0.2, 0) is 19.2 Å². The Hall–Kier alpha value is -2.76. The molecule has 216 valence electrons. The van der Waals surface area contributed by atoms with Gasteiger partial charge in [0.1, 0.15) is 12.1 Å². The van der Waals surface area contributed by atoms with Crippen molar-refractivity contribution in [1.29, 1.82) is 0 Å². The van der Waals surface area contributed by atoms with E-state index >= 15 is 0 Å². The number of aliphatic hydroxyl groups excluding tert-OH is 3. The smallest absolute Gasteiger partial charge is 0.245 e. The molecule has 0 saturated carbocycles. The minimum atomic E-state index is -1.34. The summed E-state index contributed by atoms with van der Waals surface area (Å²) in [6.07, 6.45) is 9.62. The number of aliphatic hydroxyl groups is 3. The molecule has 11 heteroatoms. The summed E-state index contributed by atoms with van der Waals surface area (Å²) in [5.74, 6) is -2.46. The van der Waals surface area contributed by atoms with Gasteiger partial charge in [0.25, 0.3) is 0 Å². The SMILES string of the molecule is CCCCCCC/C=C/C=C/C(=O)N[C@H](C(=O)N[C@H]1C[C@@H](O)CCNC(=O)C[C@@H](O)[C@H](C)NC1=O)[C@@H](C)O. The zero-order valence-electron chi connectivity index (χ0n) is 22.8. The second-order valence-corrected chi connectivity index (χ2v) is 9.88. The number of carbonyl (C=O) groups is 4. The van der Waals surface area contributed by atoms with Crippen LogP contribution in [0.4, 0.5) is 0 Å². The molecule has 0 aromatic rings. The Balaban J connectivity index is 2.75. The normalized spacial score (nSPS) is 25.1. The highest BCUT2D eigenvalue weighted by atomic mass is 16.3. The number of hydrogen-bond acceptors (Lipinski definition) is 7. The Morgan fingerprint density at radius 1 is 1.13 bits per heavy atom. The third kappa shape index (κ3) is 13.7. The van der Waals surface area contributed by atoms with Crippen LogP contribution < -0.4 is 21.3 Å². The molecule has 4 amide bonds. The molecule has 1 rings (SSSR count). The van der Waals surface area contributed by atoms with Crippen LogP contribution in [-0.4, -0.2) is 81.9 Å². The predicted molar refractivity (Wildman–Crippen MR) is 144 cm³/mol. The standard InChI is InChI=1S/C27H46N4O7/c1-4-5-6-7-8-9-10-11-12-13-23(35)31-25(19(3)32)27(38)30-21-16-20(33)14-15-28-24(36)17-22(34)18(2)29-26(21)37/h10-13,18-22,25,32-34H,4-9,14-17H2,1-3H3,(H,28,36)(H,29,37)(H,30,38)(H,31,35)/b11-10+,13-12+/t18-,19+,20-,21-,22+,25-/m0/s1. The van der Waals surface area contributed by atoms with Gasteiger partial charge < -0.3 is 36.6 Å². The monoisotopic (exact) mass is 538 g/mol. The Morgan fingerprint density at radius 2 is 1.84 bits per heavy atom. The number of hydrogen-bond donors (Lipinski definition) is 7. The van der Waals surface area contributed by atoms with Gasteiger partial charge in [-0.25, -0.2) is 0 Å². The Kier molecular flexibility index (Phi) is 16.2. The maximum atomic E-state index is 12.9. The molecule has 11 nitrogen and oxygen atoms in total. The first-order chi connectivity index (χ1) is 18.0. The van der Waals surface area contributed by atoms with Crippen molar-refractivity contribution >= 4 is 23.6 Å². The summed E-state index contributed by atoms with van der Waals surface area (Å²) in [4.78, 5) is 50.0. The first kappa shape index (κ1) is 33.3. The van der Waals surface area contributed by atoms with Crippen LogP contribution in [0.15, 0.2) is 24.3 Å².